The van der Waals surface area contributed by atoms with E-state index in [4.69, 9.17) is 0 Å². The maximum Gasteiger partial charge on any atom is 0.151 e. The van der Waals surface area contributed by atoms with Crippen LogP contribution in [0.3, 0.4) is 0 Å². The normalized spacial score (nSPS) is 11.4. The first kappa shape index (κ1) is 30.3. The van der Waals surface area contributed by atoms with Gasteiger partial charge in [0.15, 0.2) is 12.6 Å². The van der Waals surface area contributed by atoms with Crippen LogP contribution < -0.4 is 0 Å². The number of rotatable bonds is 16. The largest absolute Gasteiger partial charge is 0.298 e. The number of carbonyl (C=O) groups excluding carboxylic acids is 2. The van der Waals surface area contributed by atoms with E-state index in [1.165, 1.54) is 70.9 Å². The van der Waals surface area contributed by atoms with Crippen molar-refractivity contribution >= 4 is 69.3 Å². The van der Waals surface area contributed by atoms with Gasteiger partial charge in [0.2, 0.25) is 0 Å². The van der Waals surface area contributed by atoms with E-state index in [2.05, 4.69) is 50.2 Å². The molecule has 0 fully saturated rings. The molecule has 5 heterocycles. The molecule has 0 aromatic carbocycles. The van der Waals surface area contributed by atoms with E-state index in [0.29, 0.717) is 0 Å². The fourth-order valence-electron chi connectivity index (χ4n) is 4.94. The highest BCUT2D eigenvalue weighted by Gasteiger charge is 2.19. The lowest BCUT2D eigenvalue weighted by molar-refractivity contribution is 0.111. The first-order valence-corrected chi connectivity index (χ1v) is 18.7. The number of carbonyl (C=O) groups is 2. The molecule has 41 heavy (non-hydrogen) atoms. The van der Waals surface area contributed by atoms with Gasteiger partial charge >= 0.3 is 0 Å². The number of thiophene rings is 5. The molecular weight excluding hydrogens is 601 g/mol. The average Bonchev–Trinajstić information content (AvgIpc) is 3.82. The number of hydrogen-bond donors (Lipinski definition) is 0. The van der Waals surface area contributed by atoms with Crippen LogP contribution in [0.2, 0.25) is 0 Å². The van der Waals surface area contributed by atoms with Gasteiger partial charge in [-0.3, -0.25) is 9.59 Å². The van der Waals surface area contributed by atoms with Gasteiger partial charge in [0, 0.05) is 50.1 Å². The summed E-state index contributed by atoms with van der Waals surface area (Å²) in [7, 11) is 0. The predicted octanol–water partition coefficient (Wildman–Crippen LogP) is 12.5. The summed E-state index contributed by atoms with van der Waals surface area (Å²) in [5.74, 6) is 0. The summed E-state index contributed by atoms with van der Waals surface area (Å²) in [6.45, 7) is 4.49. The molecule has 0 amide bonds. The highest BCUT2D eigenvalue weighted by Crippen LogP contribution is 2.47. The Morgan fingerprint density at radius 3 is 1.34 bits per heavy atom. The van der Waals surface area contributed by atoms with Gasteiger partial charge in [0.05, 0.1) is 9.75 Å². The average molecular weight is 637 g/mol. The molecule has 0 radical (unpaired) electrons. The quantitative estimate of drug-likeness (QED) is 0.0797. The third-order valence-corrected chi connectivity index (χ3v) is 13.6. The zero-order valence-electron chi connectivity index (χ0n) is 23.7. The molecule has 0 bridgehead atoms. The summed E-state index contributed by atoms with van der Waals surface area (Å²) >= 11 is 8.75. The highest BCUT2D eigenvalue weighted by atomic mass is 32.1. The number of hydrogen-bond acceptors (Lipinski definition) is 7. The van der Waals surface area contributed by atoms with Crippen LogP contribution in [0.5, 0.6) is 0 Å². The second kappa shape index (κ2) is 14.8. The van der Waals surface area contributed by atoms with Crippen LogP contribution in [-0.2, 0) is 12.8 Å². The Morgan fingerprint density at radius 2 is 0.927 bits per heavy atom. The van der Waals surface area contributed by atoms with Gasteiger partial charge in [0.1, 0.15) is 0 Å². The Balaban J connectivity index is 1.34. The summed E-state index contributed by atoms with van der Waals surface area (Å²) in [5.41, 5.74) is 1.48. The van der Waals surface area contributed by atoms with Crippen molar-refractivity contribution in [3.63, 3.8) is 0 Å². The van der Waals surface area contributed by atoms with Crippen molar-refractivity contribution in [1.82, 2.24) is 0 Å². The number of unbranched alkanes of at least 4 members (excludes halogenated alkanes) is 6. The molecule has 214 valence electrons. The van der Waals surface area contributed by atoms with Crippen molar-refractivity contribution in [2.45, 2.75) is 78.1 Å². The van der Waals surface area contributed by atoms with Crippen LogP contribution in [0.15, 0.2) is 48.5 Å². The van der Waals surface area contributed by atoms with Crippen LogP contribution in [0.4, 0.5) is 0 Å². The topological polar surface area (TPSA) is 34.1 Å². The van der Waals surface area contributed by atoms with Gasteiger partial charge in [-0.25, -0.2) is 0 Å². The minimum absolute atomic E-state index is 0.740. The second-order valence-corrected chi connectivity index (χ2v) is 15.9. The predicted molar refractivity (Wildman–Crippen MR) is 184 cm³/mol. The number of aryl methyl sites for hydroxylation is 2. The Kier molecular flexibility index (Phi) is 11.0. The lowest BCUT2D eigenvalue weighted by Gasteiger charge is -1.97. The standard InChI is InChI=1S/C34H36O2S5/c1-3-5-7-9-11-25-13-15-27(37-25)31-19-23(21-35)33(40-31)29-17-18-30(39-29)34-24(22-36)20-32(41-34)28-16-14-26(38-28)12-10-8-6-4-2/h13-22H,3-12H2,1-2H3. The van der Waals surface area contributed by atoms with E-state index in [9.17, 15) is 9.59 Å². The van der Waals surface area contributed by atoms with E-state index in [-0.39, 0.29) is 0 Å². The molecular formula is C34H36O2S5. The van der Waals surface area contributed by atoms with E-state index in [0.717, 1.165) is 65.8 Å². The minimum Gasteiger partial charge on any atom is -0.298 e. The minimum atomic E-state index is 0.740. The summed E-state index contributed by atoms with van der Waals surface area (Å²) in [4.78, 5) is 35.9. The highest BCUT2D eigenvalue weighted by molar-refractivity contribution is 7.30. The molecule has 0 saturated carbocycles. The third-order valence-electron chi connectivity index (χ3n) is 7.19. The maximum absolute atomic E-state index is 12.1. The van der Waals surface area contributed by atoms with Gasteiger partial charge in [-0.15, -0.1) is 56.7 Å². The fourth-order valence-corrected chi connectivity index (χ4v) is 10.7. The van der Waals surface area contributed by atoms with Crippen molar-refractivity contribution in [3.8, 4) is 39.0 Å². The Bertz CT molecular complexity index is 1460. The van der Waals surface area contributed by atoms with Gasteiger partial charge in [-0.2, -0.15) is 0 Å². The van der Waals surface area contributed by atoms with E-state index >= 15 is 0 Å². The molecule has 7 heteroatoms. The van der Waals surface area contributed by atoms with Crippen molar-refractivity contribution in [1.29, 1.82) is 0 Å². The summed E-state index contributed by atoms with van der Waals surface area (Å²) in [6.07, 6.45) is 14.4. The summed E-state index contributed by atoms with van der Waals surface area (Å²) < 4.78 is 0. The van der Waals surface area contributed by atoms with Crippen LogP contribution in [0.1, 0.15) is 95.7 Å². The van der Waals surface area contributed by atoms with Crippen molar-refractivity contribution < 1.29 is 9.59 Å². The maximum atomic E-state index is 12.1. The zero-order valence-corrected chi connectivity index (χ0v) is 27.8. The zero-order chi connectivity index (χ0) is 28.6. The molecule has 0 aliphatic carbocycles. The molecule has 0 spiro atoms. The second-order valence-electron chi connectivity index (χ2n) is 10.3. The summed E-state index contributed by atoms with van der Waals surface area (Å²) in [6, 6.07) is 17.2. The van der Waals surface area contributed by atoms with Gasteiger partial charge in [-0.05, 0) is 74.2 Å². The van der Waals surface area contributed by atoms with Crippen molar-refractivity contribution in [3.05, 3.63) is 69.4 Å². The molecule has 0 atom stereocenters. The van der Waals surface area contributed by atoms with Crippen LogP contribution in [-0.4, -0.2) is 12.6 Å². The number of aldehydes is 2. The first-order valence-electron chi connectivity index (χ1n) is 14.6. The smallest absolute Gasteiger partial charge is 0.151 e. The molecule has 0 unspecified atom stereocenters. The lowest BCUT2D eigenvalue weighted by atomic mass is 10.1. The van der Waals surface area contributed by atoms with E-state index in [1.807, 2.05) is 34.8 Å². The molecule has 0 aliphatic heterocycles. The molecule has 5 rings (SSSR count). The van der Waals surface area contributed by atoms with Gasteiger partial charge in [-0.1, -0.05) is 52.4 Å². The van der Waals surface area contributed by atoms with Gasteiger partial charge in [0.25, 0.3) is 0 Å². The molecule has 0 aliphatic rings. The Hall–Kier alpha value is -2.16. The molecule has 0 saturated heterocycles. The van der Waals surface area contributed by atoms with Crippen molar-refractivity contribution in [2.24, 2.45) is 0 Å². The van der Waals surface area contributed by atoms with Gasteiger partial charge < -0.3 is 0 Å². The fraction of sp³-hybridized carbons (Fsp3) is 0.353. The van der Waals surface area contributed by atoms with E-state index < -0.39 is 0 Å². The van der Waals surface area contributed by atoms with E-state index in [1.54, 1.807) is 34.0 Å². The SMILES string of the molecule is CCCCCCc1ccc(-c2cc(C=O)c(-c3ccc(-c4sc(-c5ccc(CCCCCC)s5)cc4C=O)s3)s2)s1. The van der Waals surface area contributed by atoms with Crippen LogP contribution >= 0.6 is 56.7 Å². The Morgan fingerprint density at radius 1 is 0.488 bits per heavy atom. The lowest BCUT2D eigenvalue weighted by Crippen LogP contribution is -1.80. The third kappa shape index (κ3) is 7.44. The van der Waals surface area contributed by atoms with Crippen LogP contribution in [0, 0.1) is 0 Å². The molecule has 2 nitrogen and oxygen atoms in total. The molecule has 5 aromatic rings. The van der Waals surface area contributed by atoms with Crippen LogP contribution in [0.25, 0.3) is 39.0 Å². The molecule has 0 N–H and O–H groups in total. The monoisotopic (exact) mass is 636 g/mol. The Labute approximate surface area is 263 Å². The summed E-state index contributed by atoms with van der Waals surface area (Å²) in [5, 5.41) is 0. The molecule has 5 aromatic heterocycles. The van der Waals surface area contributed by atoms with Crippen molar-refractivity contribution in [2.75, 3.05) is 0 Å². The first-order chi connectivity index (χ1) is 20.1.